The second-order valence-corrected chi connectivity index (χ2v) is 7.71. The molecule has 1 heterocycles. The van der Waals surface area contributed by atoms with Crippen LogP contribution in [0.4, 0.5) is 0 Å². The molecule has 1 aromatic carbocycles. The number of aliphatic carboxylic acids is 2. The van der Waals surface area contributed by atoms with Crippen LogP contribution in [0.25, 0.3) is 0 Å². The minimum absolute atomic E-state index is 0.000168. The van der Waals surface area contributed by atoms with Crippen molar-refractivity contribution in [2.75, 3.05) is 13.1 Å². The number of aromatic hydroxyl groups is 1. The van der Waals surface area contributed by atoms with E-state index in [2.05, 4.69) is 10.6 Å². The molecule has 0 aromatic heterocycles. The summed E-state index contributed by atoms with van der Waals surface area (Å²) in [5, 5.41) is 32.7. The maximum Gasteiger partial charge on any atom is 0.326 e. The Balaban J connectivity index is 2.11. The van der Waals surface area contributed by atoms with Gasteiger partial charge in [0, 0.05) is 19.4 Å². The number of nitrogens with zero attached hydrogens (tertiary/aromatic N) is 1. The topological polar surface area (TPSA) is 199 Å². The molecule has 3 unspecified atom stereocenters. The summed E-state index contributed by atoms with van der Waals surface area (Å²) in [6.07, 6.45) is 0.134. The van der Waals surface area contributed by atoms with Gasteiger partial charge in [0.2, 0.25) is 17.7 Å². The van der Waals surface area contributed by atoms with Crippen molar-refractivity contribution in [2.45, 2.75) is 50.2 Å². The van der Waals surface area contributed by atoms with E-state index in [9.17, 15) is 34.2 Å². The van der Waals surface area contributed by atoms with Crippen LogP contribution in [0.3, 0.4) is 0 Å². The first-order valence-electron chi connectivity index (χ1n) is 10.4. The van der Waals surface area contributed by atoms with Crippen LogP contribution >= 0.6 is 0 Å². The number of phenols is 1. The monoisotopic (exact) mass is 464 g/mol. The molecule has 33 heavy (non-hydrogen) atoms. The van der Waals surface area contributed by atoms with Gasteiger partial charge in [0.15, 0.2) is 0 Å². The fraction of sp³-hybridized carbons (Fsp3) is 0.476. The first kappa shape index (κ1) is 25.6. The van der Waals surface area contributed by atoms with Gasteiger partial charge in [0.05, 0.1) is 6.54 Å². The Labute approximate surface area is 189 Å². The van der Waals surface area contributed by atoms with Crippen LogP contribution in [0.2, 0.25) is 0 Å². The second-order valence-electron chi connectivity index (χ2n) is 7.71. The molecule has 1 fully saturated rings. The summed E-state index contributed by atoms with van der Waals surface area (Å²) in [6, 6.07) is 2.26. The van der Waals surface area contributed by atoms with Gasteiger partial charge in [-0.1, -0.05) is 12.1 Å². The molecule has 1 saturated heterocycles. The van der Waals surface area contributed by atoms with Gasteiger partial charge in [-0.05, 0) is 37.0 Å². The van der Waals surface area contributed by atoms with E-state index in [1.54, 1.807) is 0 Å². The smallest absolute Gasteiger partial charge is 0.326 e. The lowest BCUT2D eigenvalue weighted by Crippen LogP contribution is -2.56. The van der Waals surface area contributed by atoms with Crippen molar-refractivity contribution in [1.29, 1.82) is 0 Å². The van der Waals surface area contributed by atoms with Crippen LogP contribution < -0.4 is 16.4 Å². The van der Waals surface area contributed by atoms with Gasteiger partial charge in [-0.15, -0.1) is 0 Å². The number of hydrogen-bond donors (Lipinski definition) is 6. The predicted molar refractivity (Wildman–Crippen MR) is 114 cm³/mol. The van der Waals surface area contributed by atoms with Crippen LogP contribution in [0.15, 0.2) is 24.3 Å². The van der Waals surface area contributed by atoms with Gasteiger partial charge < -0.3 is 36.6 Å². The van der Waals surface area contributed by atoms with E-state index in [0.29, 0.717) is 24.9 Å². The lowest BCUT2D eigenvalue weighted by molar-refractivity contribution is -0.143. The highest BCUT2D eigenvalue weighted by Gasteiger charge is 2.36. The van der Waals surface area contributed by atoms with E-state index in [1.807, 2.05) is 0 Å². The molecule has 1 aromatic rings. The summed E-state index contributed by atoms with van der Waals surface area (Å²) in [6.45, 7) is 0.0675. The standard InChI is InChI=1S/C21H28N4O8/c22-11-17(27)25-9-1-2-16(25)20(31)23-14(7-8-18(28)29)19(30)24-15(21(32)33)10-12-3-5-13(26)6-4-12/h3-6,14-16,26H,1-2,7-11,22H2,(H,23,31)(H,24,30)(H,28,29)(H,32,33). The number of likely N-dealkylation sites (tertiary alicyclic amines) is 1. The highest BCUT2D eigenvalue weighted by molar-refractivity contribution is 5.94. The van der Waals surface area contributed by atoms with Crippen molar-refractivity contribution in [1.82, 2.24) is 15.5 Å². The number of carbonyl (C=O) groups is 5. The Morgan fingerprint density at radius 1 is 1.06 bits per heavy atom. The summed E-state index contributed by atoms with van der Waals surface area (Å²) >= 11 is 0. The number of amides is 3. The molecule has 0 bridgehead atoms. The second kappa shape index (κ2) is 11.8. The lowest BCUT2D eigenvalue weighted by atomic mass is 10.0. The minimum atomic E-state index is -1.35. The summed E-state index contributed by atoms with van der Waals surface area (Å²) < 4.78 is 0. The summed E-state index contributed by atoms with van der Waals surface area (Å²) in [5.74, 6) is -4.42. The largest absolute Gasteiger partial charge is 0.508 e. The number of carboxylic acid groups (broad SMARTS) is 2. The van der Waals surface area contributed by atoms with Crippen molar-refractivity contribution in [3.8, 4) is 5.75 Å². The van der Waals surface area contributed by atoms with E-state index in [1.165, 1.54) is 29.2 Å². The zero-order valence-corrected chi connectivity index (χ0v) is 17.9. The number of carboxylic acids is 2. The third-order valence-electron chi connectivity index (χ3n) is 5.32. The molecule has 1 aliphatic heterocycles. The molecule has 180 valence electrons. The maximum atomic E-state index is 12.8. The molecule has 7 N–H and O–H groups in total. The number of nitrogens with two attached hydrogens (primary N) is 1. The highest BCUT2D eigenvalue weighted by Crippen LogP contribution is 2.18. The fourth-order valence-corrected chi connectivity index (χ4v) is 3.60. The van der Waals surface area contributed by atoms with E-state index >= 15 is 0 Å². The average Bonchev–Trinajstić information content (AvgIpc) is 3.26. The van der Waals surface area contributed by atoms with Crippen molar-refractivity contribution < 1.29 is 39.3 Å². The fourth-order valence-electron chi connectivity index (χ4n) is 3.60. The molecule has 0 saturated carbocycles. The third kappa shape index (κ3) is 7.45. The van der Waals surface area contributed by atoms with Gasteiger partial charge in [0.1, 0.15) is 23.9 Å². The Hall–Kier alpha value is -3.67. The quantitative estimate of drug-likeness (QED) is 0.233. The van der Waals surface area contributed by atoms with Gasteiger partial charge in [-0.3, -0.25) is 19.2 Å². The minimum Gasteiger partial charge on any atom is -0.508 e. The molecule has 12 nitrogen and oxygen atoms in total. The molecule has 2 rings (SSSR count). The average molecular weight is 464 g/mol. The number of carbonyl (C=O) groups excluding carboxylic acids is 3. The number of hydrogen-bond acceptors (Lipinski definition) is 7. The first-order chi connectivity index (χ1) is 15.6. The Morgan fingerprint density at radius 2 is 1.73 bits per heavy atom. The van der Waals surface area contributed by atoms with Gasteiger partial charge in [0.25, 0.3) is 0 Å². The zero-order valence-electron chi connectivity index (χ0n) is 17.9. The van der Waals surface area contributed by atoms with Crippen LogP contribution in [-0.4, -0.2) is 81.1 Å². The molecule has 1 aliphatic rings. The first-order valence-corrected chi connectivity index (χ1v) is 10.4. The van der Waals surface area contributed by atoms with E-state index in [4.69, 9.17) is 10.8 Å². The molecular weight excluding hydrogens is 436 g/mol. The number of phenolic OH excluding ortho intramolecular Hbond substituents is 1. The van der Waals surface area contributed by atoms with Gasteiger partial charge in [-0.2, -0.15) is 0 Å². The Bertz CT molecular complexity index is 889. The zero-order chi connectivity index (χ0) is 24.5. The predicted octanol–water partition coefficient (Wildman–Crippen LogP) is -1.20. The molecular formula is C21H28N4O8. The number of benzene rings is 1. The third-order valence-corrected chi connectivity index (χ3v) is 5.32. The summed E-state index contributed by atoms with van der Waals surface area (Å²) in [7, 11) is 0. The van der Waals surface area contributed by atoms with Crippen molar-refractivity contribution in [2.24, 2.45) is 5.73 Å². The van der Waals surface area contributed by atoms with E-state index in [0.717, 1.165) is 0 Å². The Morgan fingerprint density at radius 3 is 2.30 bits per heavy atom. The van der Waals surface area contributed by atoms with Gasteiger partial charge >= 0.3 is 11.9 Å². The van der Waals surface area contributed by atoms with Crippen LogP contribution in [-0.2, 0) is 30.4 Å². The molecule has 3 amide bonds. The lowest BCUT2D eigenvalue weighted by Gasteiger charge is -2.26. The van der Waals surface area contributed by atoms with E-state index in [-0.39, 0.29) is 25.1 Å². The number of rotatable bonds is 11. The number of nitrogens with one attached hydrogen (secondary N) is 2. The molecule has 3 atom stereocenters. The maximum absolute atomic E-state index is 12.8. The van der Waals surface area contributed by atoms with Crippen molar-refractivity contribution in [3.05, 3.63) is 29.8 Å². The van der Waals surface area contributed by atoms with Crippen LogP contribution in [0.5, 0.6) is 5.75 Å². The normalized spacial score (nSPS) is 17.1. The van der Waals surface area contributed by atoms with Crippen LogP contribution in [0, 0.1) is 0 Å². The van der Waals surface area contributed by atoms with Crippen LogP contribution in [0.1, 0.15) is 31.2 Å². The molecule has 0 spiro atoms. The SMILES string of the molecule is NCC(=O)N1CCCC1C(=O)NC(CCC(=O)O)C(=O)NC(Cc1ccc(O)cc1)C(=O)O. The molecule has 0 radical (unpaired) electrons. The Kier molecular flexibility index (Phi) is 9.16. The summed E-state index contributed by atoms with van der Waals surface area (Å²) in [5.41, 5.74) is 5.91. The molecule has 0 aliphatic carbocycles. The van der Waals surface area contributed by atoms with Gasteiger partial charge in [-0.25, -0.2) is 4.79 Å². The van der Waals surface area contributed by atoms with Crippen molar-refractivity contribution >= 4 is 29.7 Å². The summed E-state index contributed by atoms with van der Waals surface area (Å²) in [4.78, 5) is 61.6. The van der Waals surface area contributed by atoms with E-state index < -0.39 is 54.2 Å². The molecule has 12 heteroatoms. The van der Waals surface area contributed by atoms with Crippen molar-refractivity contribution in [3.63, 3.8) is 0 Å². The highest BCUT2D eigenvalue weighted by atomic mass is 16.4.